The van der Waals surface area contributed by atoms with Crippen molar-refractivity contribution < 1.29 is 23.7 Å². The van der Waals surface area contributed by atoms with Crippen LogP contribution in [0.1, 0.15) is 16.1 Å². The van der Waals surface area contributed by atoms with Gasteiger partial charge in [0.1, 0.15) is 23.6 Å². The molecule has 1 heterocycles. The third kappa shape index (κ3) is 4.24. The highest BCUT2D eigenvalue weighted by molar-refractivity contribution is 6.31. The van der Waals surface area contributed by atoms with Gasteiger partial charge in [0, 0.05) is 22.7 Å². The molecular weight excluding hydrogens is 376 g/mol. The molecule has 0 aliphatic heterocycles. The van der Waals surface area contributed by atoms with Gasteiger partial charge in [0.25, 0.3) is 5.69 Å². The number of methoxy groups -OCH3 is 1. The summed E-state index contributed by atoms with van der Waals surface area (Å²) in [6, 6.07) is 12.4. The number of ether oxygens (including phenoxy) is 2. The third-order valence-corrected chi connectivity index (χ3v) is 3.89. The number of carbonyl (C=O) groups is 1. The first-order valence-electron chi connectivity index (χ1n) is 7.69. The summed E-state index contributed by atoms with van der Waals surface area (Å²) in [5, 5.41) is 15.1. The quantitative estimate of drug-likeness (QED) is 0.352. The van der Waals surface area contributed by atoms with Crippen LogP contribution in [0.5, 0.6) is 5.75 Å². The first-order chi connectivity index (χ1) is 13.0. The molecule has 0 N–H and O–H groups in total. The highest BCUT2D eigenvalue weighted by Crippen LogP contribution is 2.25. The second-order valence-corrected chi connectivity index (χ2v) is 5.84. The van der Waals surface area contributed by atoms with Crippen LogP contribution in [0.4, 0.5) is 5.69 Å². The second kappa shape index (κ2) is 7.88. The molecule has 3 rings (SSSR count). The van der Waals surface area contributed by atoms with Gasteiger partial charge in [-0.25, -0.2) is 4.79 Å². The lowest BCUT2D eigenvalue weighted by molar-refractivity contribution is -0.385. The minimum atomic E-state index is -0.877. The molecule has 8 nitrogen and oxygen atoms in total. The Kier molecular flexibility index (Phi) is 5.37. The molecule has 0 radical (unpaired) electrons. The van der Waals surface area contributed by atoms with Crippen molar-refractivity contribution in [1.29, 1.82) is 0 Å². The lowest BCUT2D eigenvalue weighted by Gasteiger charge is -2.04. The fraction of sp³-hybridized carbons (Fsp3) is 0.111. The van der Waals surface area contributed by atoms with Crippen molar-refractivity contribution in [2.24, 2.45) is 0 Å². The summed E-state index contributed by atoms with van der Waals surface area (Å²) in [6.45, 7) is -0.206. The summed E-state index contributed by atoms with van der Waals surface area (Å²) in [5.41, 5.74) is 0.514. The number of hydrogen-bond donors (Lipinski definition) is 0. The zero-order valence-corrected chi connectivity index (χ0v) is 14.8. The molecule has 0 unspecified atom stereocenters. The fourth-order valence-corrected chi connectivity index (χ4v) is 2.49. The van der Waals surface area contributed by atoms with Crippen LogP contribution in [-0.4, -0.2) is 23.2 Å². The van der Waals surface area contributed by atoms with E-state index in [1.54, 1.807) is 37.4 Å². The van der Waals surface area contributed by atoms with Crippen LogP contribution in [-0.2, 0) is 11.3 Å². The molecule has 0 spiro atoms. The maximum Gasteiger partial charge on any atom is 0.345 e. The van der Waals surface area contributed by atoms with E-state index in [1.165, 1.54) is 12.1 Å². The molecule has 138 valence electrons. The van der Waals surface area contributed by atoms with Gasteiger partial charge in [-0.15, -0.1) is 0 Å². The Morgan fingerprint density at radius 1 is 1.22 bits per heavy atom. The zero-order valence-electron chi connectivity index (χ0n) is 14.0. The molecule has 0 bridgehead atoms. The SMILES string of the molecule is COc1ccc(-c2cc(COC(=O)c3cc(Cl)ccc3[N+](=O)[O-])no2)cc1. The van der Waals surface area contributed by atoms with Gasteiger partial charge in [0.05, 0.1) is 12.0 Å². The Labute approximate surface area is 158 Å². The van der Waals surface area contributed by atoms with Gasteiger partial charge in [-0.1, -0.05) is 16.8 Å². The molecule has 0 fully saturated rings. The second-order valence-electron chi connectivity index (χ2n) is 5.41. The van der Waals surface area contributed by atoms with Crippen LogP contribution < -0.4 is 4.74 Å². The summed E-state index contributed by atoms with van der Waals surface area (Å²) >= 11 is 5.81. The number of carbonyl (C=O) groups excluding carboxylic acids is 1. The summed E-state index contributed by atoms with van der Waals surface area (Å²) in [6.07, 6.45) is 0. The molecule has 1 aromatic heterocycles. The van der Waals surface area contributed by atoms with Crippen molar-refractivity contribution in [3.05, 3.63) is 74.9 Å². The average molecular weight is 389 g/mol. The van der Waals surface area contributed by atoms with Crippen LogP contribution in [0.2, 0.25) is 5.02 Å². The van der Waals surface area contributed by atoms with Crippen LogP contribution in [0.15, 0.2) is 53.1 Å². The number of hydrogen-bond acceptors (Lipinski definition) is 7. The lowest BCUT2D eigenvalue weighted by atomic mass is 10.1. The number of nitro groups is 1. The van der Waals surface area contributed by atoms with E-state index in [9.17, 15) is 14.9 Å². The Morgan fingerprint density at radius 2 is 1.96 bits per heavy atom. The Balaban J connectivity index is 1.70. The molecule has 0 saturated heterocycles. The van der Waals surface area contributed by atoms with E-state index >= 15 is 0 Å². The number of aromatic nitrogens is 1. The van der Waals surface area contributed by atoms with Crippen LogP contribution in [0.25, 0.3) is 11.3 Å². The molecule has 9 heteroatoms. The van der Waals surface area contributed by atoms with Crippen LogP contribution in [0.3, 0.4) is 0 Å². The third-order valence-electron chi connectivity index (χ3n) is 3.66. The summed E-state index contributed by atoms with van der Waals surface area (Å²) in [7, 11) is 1.57. The first-order valence-corrected chi connectivity index (χ1v) is 8.07. The molecule has 0 saturated carbocycles. The van der Waals surface area contributed by atoms with Gasteiger partial charge in [0.2, 0.25) is 0 Å². The Morgan fingerprint density at radius 3 is 2.63 bits per heavy atom. The fourth-order valence-electron chi connectivity index (χ4n) is 2.32. The van der Waals surface area contributed by atoms with E-state index in [2.05, 4.69) is 5.16 Å². The van der Waals surface area contributed by atoms with Crippen molar-refractivity contribution in [3.8, 4) is 17.1 Å². The normalized spacial score (nSPS) is 10.4. The zero-order chi connectivity index (χ0) is 19.4. The summed E-state index contributed by atoms with van der Waals surface area (Å²) in [4.78, 5) is 22.5. The standard InChI is InChI=1S/C18H13ClN2O6/c1-25-14-5-2-11(3-6-14)17-9-13(20-27-17)10-26-18(22)15-8-12(19)4-7-16(15)21(23)24/h2-9H,10H2,1H3. The molecule has 0 amide bonds. The molecule has 0 atom stereocenters. The van der Waals surface area contributed by atoms with E-state index in [-0.39, 0.29) is 22.9 Å². The minimum absolute atomic E-state index is 0.191. The van der Waals surface area contributed by atoms with Crippen molar-refractivity contribution >= 4 is 23.3 Å². The van der Waals surface area contributed by atoms with Crippen molar-refractivity contribution in [2.75, 3.05) is 7.11 Å². The molecule has 0 aliphatic carbocycles. The van der Waals surface area contributed by atoms with E-state index in [1.807, 2.05) is 0 Å². The average Bonchev–Trinajstić information content (AvgIpc) is 3.15. The van der Waals surface area contributed by atoms with Crippen LogP contribution in [0, 0.1) is 10.1 Å². The number of esters is 1. The number of benzene rings is 2. The van der Waals surface area contributed by atoms with Gasteiger partial charge in [0.15, 0.2) is 5.76 Å². The molecule has 3 aromatic rings. The van der Waals surface area contributed by atoms with E-state index in [4.69, 9.17) is 25.6 Å². The largest absolute Gasteiger partial charge is 0.497 e. The minimum Gasteiger partial charge on any atom is -0.497 e. The van der Waals surface area contributed by atoms with Gasteiger partial charge in [-0.05, 0) is 36.4 Å². The van der Waals surface area contributed by atoms with Gasteiger partial charge >= 0.3 is 5.97 Å². The molecular formula is C18H13ClN2O6. The monoisotopic (exact) mass is 388 g/mol. The number of nitro benzene ring substituents is 1. The van der Waals surface area contributed by atoms with E-state index in [0.29, 0.717) is 17.2 Å². The van der Waals surface area contributed by atoms with Gasteiger partial charge < -0.3 is 14.0 Å². The van der Waals surface area contributed by atoms with Crippen LogP contribution >= 0.6 is 11.6 Å². The van der Waals surface area contributed by atoms with E-state index in [0.717, 1.165) is 11.6 Å². The topological polar surface area (TPSA) is 105 Å². The number of nitrogens with zero attached hydrogens (tertiary/aromatic N) is 2. The number of halogens is 1. The molecule has 27 heavy (non-hydrogen) atoms. The van der Waals surface area contributed by atoms with Gasteiger partial charge in [-0.3, -0.25) is 10.1 Å². The smallest absolute Gasteiger partial charge is 0.345 e. The predicted octanol–water partition coefficient (Wildman–Crippen LogP) is 4.27. The number of rotatable bonds is 6. The Bertz CT molecular complexity index is 984. The van der Waals surface area contributed by atoms with E-state index < -0.39 is 10.9 Å². The van der Waals surface area contributed by atoms with Crippen molar-refractivity contribution in [2.45, 2.75) is 6.61 Å². The highest BCUT2D eigenvalue weighted by Gasteiger charge is 2.22. The molecule has 2 aromatic carbocycles. The maximum atomic E-state index is 12.2. The molecule has 0 aliphatic rings. The lowest BCUT2D eigenvalue weighted by Crippen LogP contribution is -2.08. The van der Waals surface area contributed by atoms with Crippen molar-refractivity contribution in [3.63, 3.8) is 0 Å². The maximum absolute atomic E-state index is 12.2. The van der Waals surface area contributed by atoms with Gasteiger partial charge in [-0.2, -0.15) is 0 Å². The first kappa shape index (κ1) is 18.4. The highest BCUT2D eigenvalue weighted by atomic mass is 35.5. The summed E-state index contributed by atoms with van der Waals surface area (Å²) < 4.78 is 15.4. The van der Waals surface area contributed by atoms with Crippen molar-refractivity contribution in [1.82, 2.24) is 5.16 Å². The Hall–Kier alpha value is -3.39. The summed E-state index contributed by atoms with van der Waals surface area (Å²) in [5.74, 6) is 0.311. The predicted molar refractivity (Wildman–Crippen MR) is 95.7 cm³/mol.